The Morgan fingerprint density at radius 1 is 1.41 bits per heavy atom. The fourth-order valence-corrected chi connectivity index (χ4v) is 2.17. The minimum absolute atomic E-state index is 0.199. The van der Waals surface area contributed by atoms with Crippen LogP contribution in [-0.4, -0.2) is 24.8 Å². The molecule has 0 aromatic carbocycles. The van der Waals surface area contributed by atoms with E-state index in [1.54, 1.807) is 12.3 Å². The zero-order chi connectivity index (χ0) is 13.0. The summed E-state index contributed by atoms with van der Waals surface area (Å²) < 4.78 is 4.61. The molecule has 0 aliphatic rings. The molecule has 0 fully saturated rings. The number of amides is 1. The van der Waals surface area contributed by atoms with Gasteiger partial charge in [0.1, 0.15) is 10.7 Å². The lowest BCUT2D eigenvalue weighted by molar-refractivity contribution is -0.124. The van der Waals surface area contributed by atoms with Gasteiger partial charge < -0.3 is 10.1 Å². The molecular formula is C11H13NO4S. The van der Waals surface area contributed by atoms with Crippen LogP contribution in [0.4, 0.5) is 5.69 Å². The van der Waals surface area contributed by atoms with E-state index in [0.29, 0.717) is 10.6 Å². The highest BCUT2D eigenvalue weighted by Gasteiger charge is 2.18. The fraction of sp³-hybridized carbons (Fsp3) is 0.364. The molecule has 0 bridgehead atoms. The predicted molar refractivity (Wildman–Crippen MR) is 64.3 cm³/mol. The van der Waals surface area contributed by atoms with Crippen molar-refractivity contribution in [1.82, 2.24) is 0 Å². The first-order valence-electron chi connectivity index (χ1n) is 4.91. The summed E-state index contributed by atoms with van der Waals surface area (Å²) in [4.78, 5) is 34.0. The quantitative estimate of drug-likeness (QED) is 0.657. The maximum atomic E-state index is 11.5. The van der Waals surface area contributed by atoms with Crippen LogP contribution in [0.3, 0.4) is 0 Å². The van der Waals surface area contributed by atoms with Crippen molar-refractivity contribution >= 4 is 34.7 Å². The van der Waals surface area contributed by atoms with Crippen LogP contribution in [0, 0.1) is 6.92 Å². The molecule has 1 heterocycles. The van der Waals surface area contributed by atoms with Gasteiger partial charge >= 0.3 is 5.97 Å². The van der Waals surface area contributed by atoms with E-state index in [4.69, 9.17) is 0 Å². The second-order valence-electron chi connectivity index (χ2n) is 3.54. The largest absolute Gasteiger partial charge is 0.465 e. The minimum atomic E-state index is -0.499. The van der Waals surface area contributed by atoms with E-state index in [0.717, 1.165) is 5.56 Å². The van der Waals surface area contributed by atoms with Crippen LogP contribution in [0.2, 0.25) is 0 Å². The summed E-state index contributed by atoms with van der Waals surface area (Å²) in [5.74, 6) is -1.15. The monoisotopic (exact) mass is 255 g/mol. The molecule has 92 valence electrons. The van der Waals surface area contributed by atoms with E-state index in [-0.39, 0.29) is 12.2 Å². The maximum absolute atomic E-state index is 11.5. The summed E-state index contributed by atoms with van der Waals surface area (Å²) in [6.45, 7) is 3.10. The SMILES string of the molecule is COC(=O)c1scc(C)c1NC(=O)CC(C)=O. The molecule has 0 saturated carbocycles. The summed E-state index contributed by atoms with van der Waals surface area (Å²) in [6, 6.07) is 0. The normalized spacial score (nSPS) is 9.82. The first-order valence-corrected chi connectivity index (χ1v) is 5.79. The number of nitrogens with one attached hydrogen (secondary N) is 1. The third-order valence-electron chi connectivity index (χ3n) is 2.02. The summed E-state index contributed by atoms with van der Waals surface area (Å²) >= 11 is 1.20. The molecule has 1 aromatic rings. The lowest BCUT2D eigenvalue weighted by Gasteiger charge is -2.06. The number of ketones is 1. The van der Waals surface area contributed by atoms with Gasteiger partial charge in [-0.05, 0) is 24.8 Å². The van der Waals surface area contributed by atoms with Crippen molar-refractivity contribution in [3.63, 3.8) is 0 Å². The minimum Gasteiger partial charge on any atom is -0.465 e. The van der Waals surface area contributed by atoms with Gasteiger partial charge in [0.25, 0.3) is 0 Å². The van der Waals surface area contributed by atoms with E-state index >= 15 is 0 Å². The molecule has 0 atom stereocenters. The zero-order valence-corrected chi connectivity index (χ0v) is 10.6. The molecule has 0 aliphatic carbocycles. The molecule has 0 unspecified atom stereocenters. The van der Waals surface area contributed by atoms with Gasteiger partial charge in [-0.1, -0.05) is 0 Å². The van der Waals surface area contributed by atoms with Gasteiger partial charge in [0.2, 0.25) is 5.91 Å². The Labute approximate surface area is 103 Å². The van der Waals surface area contributed by atoms with Crippen molar-refractivity contribution in [2.75, 3.05) is 12.4 Å². The lowest BCUT2D eigenvalue weighted by Crippen LogP contribution is -2.16. The Kier molecular flexibility index (Phi) is 4.39. The standard InChI is InChI=1S/C11H13NO4S/c1-6-5-17-10(11(15)16-3)9(6)12-8(14)4-7(2)13/h5H,4H2,1-3H3,(H,12,14). The fourth-order valence-electron chi connectivity index (χ4n) is 1.25. The highest BCUT2D eigenvalue weighted by atomic mass is 32.1. The smallest absolute Gasteiger partial charge is 0.350 e. The highest BCUT2D eigenvalue weighted by Crippen LogP contribution is 2.28. The van der Waals surface area contributed by atoms with E-state index in [1.165, 1.54) is 25.4 Å². The van der Waals surface area contributed by atoms with E-state index < -0.39 is 11.9 Å². The molecule has 5 nitrogen and oxygen atoms in total. The van der Waals surface area contributed by atoms with Crippen molar-refractivity contribution in [1.29, 1.82) is 0 Å². The van der Waals surface area contributed by atoms with Gasteiger partial charge in [-0.25, -0.2) is 4.79 Å². The second kappa shape index (κ2) is 5.58. The zero-order valence-electron chi connectivity index (χ0n) is 9.83. The number of hydrogen-bond acceptors (Lipinski definition) is 5. The molecule has 0 radical (unpaired) electrons. The third-order valence-corrected chi connectivity index (χ3v) is 3.10. The van der Waals surface area contributed by atoms with Crippen molar-refractivity contribution < 1.29 is 19.1 Å². The Morgan fingerprint density at radius 2 is 2.06 bits per heavy atom. The molecule has 6 heteroatoms. The van der Waals surface area contributed by atoms with E-state index in [2.05, 4.69) is 10.1 Å². The summed E-state index contributed by atoms with van der Waals surface area (Å²) in [5, 5.41) is 4.30. The summed E-state index contributed by atoms with van der Waals surface area (Å²) in [6.07, 6.45) is -0.199. The molecule has 0 spiro atoms. The van der Waals surface area contributed by atoms with Crippen LogP contribution < -0.4 is 5.32 Å². The molecular weight excluding hydrogens is 242 g/mol. The van der Waals surface area contributed by atoms with Gasteiger partial charge in [-0.15, -0.1) is 11.3 Å². The maximum Gasteiger partial charge on any atom is 0.350 e. The van der Waals surface area contributed by atoms with Crippen molar-refractivity contribution in [3.8, 4) is 0 Å². The average molecular weight is 255 g/mol. The molecule has 1 N–H and O–H groups in total. The number of thiophene rings is 1. The van der Waals surface area contributed by atoms with Gasteiger partial charge in [0.15, 0.2) is 0 Å². The lowest BCUT2D eigenvalue weighted by atomic mass is 10.2. The average Bonchev–Trinajstić information content (AvgIpc) is 2.58. The Hall–Kier alpha value is -1.69. The number of anilines is 1. The number of ether oxygens (including phenoxy) is 1. The second-order valence-corrected chi connectivity index (χ2v) is 4.42. The van der Waals surface area contributed by atoms with E-state index in [9.17, 15) is 14.4 Å². The Bertz CT molecular complexity index is 464. The molecule has 1 amide bonds. The number of rotatable bonds is 4. The van der Waals surface area contributed by atoms with Crippen LogP contribution in [0.15, 0.2) is 5.38 Å². The highest BCUT2D eigenvalue weighted by molar-refractivity contribution is 7.12. The molecule has 1 rings (SSSR count). The Morgan fingerprint density at radius 3 is 2.59 bits per heavy atom. The number of hydrogen-bond donors (Lipinski definition) is 1. The van der Waals surface area contributed by atoms with Crippen molar-refractivity contribution in [2.24, 2.45) is 0 Å². The molecule has 1 aromatic heterocycles. The Balaban J connectivity index is 2.90. The predicted octanol–water partition coefficient (Wildman–Crippen LogP) is 1.76. The van der Waals surface area contributed by atoms with Gasteiger partial charge in [0.05, 0.1) is 19.2 Å². The van der Waals surface area contributed by atoms with Gasteiger partial charge in [-0.3, -0.25) is 9.59 Å². The molecule has 17 heavy (non-hydrogen) atoms. The third kappa shape index (κ3) is 3.39. The summed E-state index contributed by atoms with van der Waals surface area (Å²) in [5.41, 5.74) is 1.19. The van der Waals surface area contributed by atoms with Crippen LogP contribution in [0.5, 0.6) is 0 Å². The van der Waals surface area contributed by atoms with Crippen LogP contribution >= 0.6 is 11.3 Å². The van der Waals surface area contributed by atoms with Gasteiger partial charge in [0, 0.05) is 0 Å². The number of Topliss-reactive ketones (excluding diaryl/α,β-unsaturated/α-hetero) is 1. The first-order chi connectivity index (χ1) is 7.95. The van der Waals surface area contributed by atoms with E-state index in [1.807, 2.05) is 0 Å². The van der Waals surface area contributed by atoms with Crippen molar-refractivity contribution in [3.05, 3.63) is 15.8 Å². The van der Waals surface area contributed by atoms with Gasteiger partial charge in [-0.2, -0.15) is 0 Å². The molecule has 0 aliphatic heterocycles. The van der Waals surface area contributed by atoms with Crippen LogP contribution in [0.1, 0.15) is 28.6 Å². The van der Waals surface area contributed by atoms with Crippen molar-refractivity contribution in [2.45, 2.75) is 20.3 Å². The summed E-state index contributed by atoms with van der Waals surface area (Å²) in [7, 11) is 1.28. The number of esters is 1. The van der Waals surface area contributed by atoms with Crippen LogP contribution in [0.25, 0.3) is 0 Å². The topological polar surface area (TPSA) is 72.5 Å². The molecule has 0 saturated heterocycles. The number of methoxy groups -OCH3 is 1. The number of carbonyl (C=O) groups is 3. The number of carbonyl (C=O) groups excluding carboxylic acids is 3. The number of aryl methyl sites for hydroxylation is 1. The first kappa shape index (κ1) is 13.4. The van der Waals surface area contributed by atoms with Crippen LogP contribution in [-0.2, 0) is 14.3 Å².